The third-order valence-electron chi connectivity index (χ3n) is 3.38. The summed E-state index contributed by atoms with van der Waals surface area (Å²) in [4.78, 5) is 0.203. The van der Waals surface area contributed by atoms with Gasteiger partial charge in [0.15, 0.2) is 11.5 Å². The van der Waals surface area contributed by atoms with Crippen molar-refractivity contribution in [3.63, 3.8) is 0 Å². The molecule has 112 valence electrons. The first-order valence-electron chi connectivity index (χ1n) is 6.66. The maximum atomic E-state index is 5.38. The van der Waals surface area contributed by atoms with E-state index in [1.165, 1.54) is 11.1 Å². The van der Waals surface area contributed by atoms with E-state index in [-0.39, 0.29) is 4.83 Å². The van der Waals surface area contributed by atoms with Crippen LogP contribution in [-0.2, 0) is 6.42 Å². The minimum Gasteiger partial charge on any atom is -0.493 e. The van der Waals surface area contributed by atoms with E-state index in [1.54, 1.807) is 14.2 Å². The molecule has 1 atom stereocenters. The van der Waals surface area contributed by atoms with E-state index in [0.717, 1.165) is 28.0 Å². The predicted octanol–water partition coefficient (Wildman–Crippen LogP) is 5.45. The van der Waals surface area contributed by atoms with Gasteiger partial charge in [0.2, 0.25) is 0 Å². The molecule has 2 aromatic carbocycles. The third kappa shape index (κ3) is 4.01. The van der Waals surface area contributed by atoms with Crippen molar-refractivity contribution in [1.29, 1.82) is 0 Å². The zero-order valence-electron chi connectivity index (χ0n) is 12.3. The van der Waals surface area contributed by atoms with Crippen LogP contribution in [0.1, 0.15) is 21.5 Å². The third-order valence-corrected chi connectivity index (χ3v) is 4.88. The van der Waals surface area contributed by atoms with E-state index < -0.39 is 0 Å². The van der Waals surface area contributed by atoms with Crippen molar-refractivity contribution >= 4 is 31.9 Å². The minimum atomic E-state index is 0.203. The smallest absolute Gasteiger partial charge is 0.161 e. The predicted molar refractivity (Wildman–Crippen MR) is 93.8 cm³/mol. The van der Waals surface area contributed by atoms with Crippen molar-refractivity contribution < 1.29 is 9.47 Å². The molecule has 2 nitrogen and oxygen atoms in total. The summed E-state index contributed by atoms with van der Waals surface area (Å²) in [5, 5.41) is 0. The van der Waals surface area contributed by atoms with Gasteiger partial charge < -0.3 is 9.47 Å². The number of aryl methyl sites for hydroxylation is 1. The summed E-state index contributed by atoms with van der Waals surface area (Å²) in [6.45, 7) is 2.10. The molecule has 21 heavy (non-hydrogen) atoms. The number of hydrogen-bond donors (Lipinski definition) is 0. The van der Waals surface area contributed by atoms with E-state index in [1.807, 2.05) is 12.1 Å². The molecular weight excluding hydrogens is 396 g/mol. The minimum absolute atomic E-state index is 0.203. The number of alkyl halides is 1. The van der Waals surface area contributed by atoms with E-state index in [0.29, 0.717) is 0 Å². The molecule has 0 saturated carbocycles. The highest BCUT2D eigenvalue weighted by molar-refractivity contribution is 9.11. The summed E-state index contributed by atoms with van der Waals surface area (Å²) >= 11 is 7.39. The van der Waals surface area contributed by atoms with Crippen LogP contribution in [-0.4, -0.2) is 14.2 Å². The SMILES string of the molecule is COc1cc(Br)c(C(Br)Cc2ccc(C)cc2)cc1OC. The molecular formula is C17H18Br2O2. The largest absolute Gasteiger partial charge is 0.493 e. The second-order valence-corrected chi connectivity index (χ2v) is 6.85. The molecule has 0 bridgehead atoms. The molecule has 0 heterocycles. The van der Waals surface area contributed by atoms with Crippen molar-refractivity contribution in [2.24, 2.45) is 0 Å². The van der Waals surface area contributed by atoms with Gasteiger partial charge in [-0.05, 0) is 36.6 Å². The lowest BCUT2D eigenvalue weighted by Crippen LogP contribution is -1.99. The molecule has 0 N–H and O–H groups in total. The highest BCUT2D eigenvalue weighted by Gasteiger charge is 2.16. The second kappa shape index (κ2) is 7.32. The fraction of sp³-hybridized carbons (Fsp3) is 0.294. The van der Waals surface area contributed by atoms with E-state index in [9.17, 15) is 0 Å². The standard InChI is InChI=1S/C17H18Br2O2/c1-11-4-6-12(7-5-11)8-14(18)13-9-16(20-2)17(21-3)10-15(13)19/h4-7,9-10,14H,8H2,1-3H3. The van der Waals surface area contributed by atoms with E-state index >= 15 is 0 Å². The molecule has 2 rings (SSSR count). The summed E-state index contributed by atoms with van der Waals surface area (Å²) in [5.74, 6) is 1.47. The highest BCUT2D eigenvalue weighted by Crippen LogP contribution is 2.39. The van der Waals surface area contributed by atoms with Gasteiger partial charge in [-0.15, -0.1) is 0 Å². The topological polar surface area (TPSA) is 18.5 Å². The quantitative estimate of drug-likeness (QED) is 0.606. The van der Waals surface area contributed by atoms with Crippen molar-refractivity contribution in [2.75, 3.05) is 14.2 Å². The van der Waals surface area contributed by atoms with Gasteiger partial charge in [-0.1, -0.05) is 61.7 Å². The molecule has 0 aromatic heterocycles. The van der Waals surface area contributed by atoms with Crippen LogP contribution < -0.4 is 9.47 Å². The number of halogens is 2. The molecule has 0 aliphatic heterocycles. The Kier molecular flexibility index (Phi) is 5.71. The Morgan fingerprint density at radius 2 is 1.57 bits per heavy atom. The molecule has 0 amide bonds. The highest BCUT2D eigenvalue weighted by atomic mass is 79.9. The molecule has 2 aromatic rings. The Morgan fingerprint density at radius 1 is 1.00 bits per heavy atom. The number of rotatable bonds is 5. The maximum Gasteiger partial charge on any atom is 0.161 e. The summed E-state index contributed by atoms with van der Waals surface area (Å²) in [6.07, 6.45) is 0.911. The molecule has 0 spiro atoms. The normalized spacial score (nSPS) is 12.0. The first-order chi connectivity index (χ1) is 10.0. The lowest BCUT2D eigenvalue weighted by atomic mass is 10.0. The van der Waals surface area contributed by atoms with Gasteiger partial charge in [0.05, 0.1) is 14.2 Å². The van der Waals surface area contributed by atoms with Crippen molar-refractivity contribution in [1.82, 2.24) is 0 Å². The zero-order valence-corrected chi connectivity index (χ0v) is 15.5. The number of ether oxygens (including phenoxy) is 2. The average molecular weight is 414 g/mol. The lowest BCUT2D eigenvalue weighted by Gasteiger charge is -2.16. The monoisotopic (exact) mass is 412 g/mol. The van der Waals surface area contributed by atoms with Crippen LogP contribution in [0, 0.1) is 6.92 Å². The van der Waals surface area contributed by atoms with Crippen LogP contribution in [0.4, 0.5) is 0 Å². The summed E-state index contributed by atoms with van der Waals surface area (Å²) in [5.41, 5.74) is 3.72. The molecule has 0 aliphatic rings. The van der Waals surface area contributed by atoms with Gasteiger partial charge in [-0.3, -0.25) is 0 Å². The number of methoxy groups -OCH3 is 2. The molecule has 0 radical (unpaired) electrons. The fourth-order valence-corrected chi connectivity index (χ4v) is 3.81. The van der Waals surface area contributed by atoms with Crippen LogP contribution in [0.2, 0.25) is 0 Å². The first kappa shape index (κ1) is 16.4. The van der Waals surface area contributed by atoms with Gasteiger partial charge in [0.25, 0.3) is 0 Å². The summed E-state index contributed by atoms with van der Waals surface area (Å²) < 4.78 is 11.7. The second-order valence-electron chi connectivity index (χ2n) is 4.89. The van der Waals surface area contributed by atoms with E-state index in [2.05, 4.69) is 63.0 Å². The van der Waals surface area contributed by atoms with Crippen LogP contribution in [0.3, 0.4) is 0 Å². The Hall–Kier alpha value is -1.00. The van der Waals surface area contributed by atoms with Gasteiger partial charge >= 0.3 is 0 Å². The molecule has 0 aliphatic carbocycles. The van der Waals surface area contributed by atoms with Crippen molar-refractivity contribution in [3.8, 4) is 11.5 Å². The van der Waals surface area contributed by atoms with Crippen molar-refractivity contribution in [2.45, 2.75) is 18.2 Å². The Morgan fingerprint density at radius 3 is 2.14 bits per heavy atom. The Bertz CT molecular complexity index is 609. The van der Waals surface area contributed by atoms with Crippen LogP contribution in [0.25, 0.3) is 0 Å². The Balaban J connectivity index is 2.26. The number of hydrogen-bond acceptors (Lipinski definition) is 2. The zero-order chi connectivity index (χ0) is 15.4. The molecule has 0 fully saturated rings. The van der Waals surface area contributed by atoms with Crippen LogP contribution in [0.5, 0.6) is 11.5 Å². The van der Waals surface area contributed by atoms with Gasteiger partial charge in [0, 0.05) is 9.30 Å². The van der Waals surface area contributed by atoms with Crippen LogP contribution >= 0.6 is 31.9 Å². The van der Waals surface area contributed by atoms with Crippen molar-refractivity contribution in [3.05, 3.63) is 57.6 Å². The Labute approximate surface area is 142 Å². The fourth-order valence-electron chi connectivity index (χ4n) is 2.15. The summed E-state index contributed by atoms with van der Waals surface area (Å²) in [6, 6.07) is 12.6. The molecule has 0 saturated heterocycles. The lowest BCUT2D eigenvalue weighted by molar-refractivity contribution is 0.354. The van der Waals surface area contributed by atoms with E-state index in [4.69, 9.17) is 9.47 Å². The maximum absolute atomic E-state index is 5.38. The first-order valence-corrected chi connectivity index (χ1v) is 8.37. The molecule has 1 unspecified atom stereocenters. The van der Waals surface area contributed by atoms with Gasteiger partial charge in [0.1, 0.15) is 0 Å². The average Bonchev–Trinajstić information content (AvgIpc) is 2.49. The van der Waals surface area contributed by atoms with Gasteiger partial charge in [-0.25, -0.2) is 0 Å². The summed E-state index contributed by atoms with van der Waals surface area (Å²) in [7, 11) is 3.29. The van der Waals surface area contributed by atoms with Crippen LogP contribution in [0.15, 0.2) is 40.9 Å². The molecule has 4 heteroatoms. The number of benzene rings is 2. The van der Waals surface area contributed by atoms with Gasteiger partial charge in [-0.2, -0.15) is 0 Å².